The van der Waals surface area contributed by atoms with Crippen LogP contribution in [-0.4, -0.2) is 40.9 Å². The summed E-state index contributed by atoms with van der Waals surface area (Å²) in [5, 5.41) is 18.6. The van der Waals surface area contributed by atoms with Crippen molar-refractivity contribution >= 4 is 51.0 Å². The highest BCUT2D eigenvalue weighted by atomic mass is 35.5. The third-order valence-corrected chi connectivity index (χ3v) is 4.67. The third kappa shape index (κ3) is 2.10. The highest BCUT2D eigenvalue weighted by molar-refractivity contribution is 6.30. The van der Waals surface area contributed by atoms with E-state index in [2.05, 4.69) is 30.5 Å². The Morgan fingerprint density at radius 2 is 1.89 bits per heavy atom. The van der Waals surface area contributed by atoms with E-state index in [1.54, 1.807) is 24.3 Å². The van der Waals surface area contributed by atoms with E-state index in [0.717, 1.165) is 0 Å². The summed E-state index contributed by atoms with van der Waals surface area (Å²) in [6.07, 6.45) is 0. The first-order valence-corrected chi connectivity index (χ1v) is 8.34. The number of aromatic amines is 2. The number of nitrogens with zero attached hydrogens (tertiary/aromatic N) is 5. The minimum atomic E-state index is -0.819. The lowest BCUT2D eigenvalue weighted by molar-refractivity contribution is 0.0995. The van der Waals surface area contributed by atoms with Crippen molar-refractivity contribution in [2.45, 2.75) is 0 Å². The van der Waals surface area contributed by atoms with Gasteiger partial charge in [0, 0.05) is 10.6 Å². The molecule has 12 heteroatoms. The van der Waals surface area contributed by atoms with Crippen molar-refractivity contribution in [1.82, 2.24) is 35.0 Å². The van der Waals surface area contributed by atoms with Crippen LogP contribution in [0.15, 0.2) is 29.1 Å². The second kappa shape index (κ2) is 5.50. The van der Waals surface area contributed by atoms with Crippen LogP contribution in [-0.2, 0) is 0 Å². The number of nitrogen functional groups attached to an aromatic ring is 1. The molecule has 11 nitrogen and oxygen atoms in total. The molecule has 0 aliphatic carbocycles. The summed E-state index contributed by atoms with van der Waals surface area (Å²) >= 11 is 6.00. The molecular weight excluding hydrogens is 386 g/mol. The Morgan fingerprint density at radius 1 is 1.14 bits per heavy atom. The van der Waals surface area contributed by atoms with Gasteiger partial charge in [-0.2, -0.15) is 5.10 Å². The summed E-state index contributed by atoms with van der Waals surface area (Å²) in [6.45, 7) is 0. The van der Waals surface area contributed by atoms with Crippen LogP contribution in [0.4, 0.5) is 5.82 Å². The standard InChI is InChI=1S/C16H10ClN9O2/c17-6-3-1-5(2-4-6)7-8-14(20-13-9(7)16(28)24-22-13)25-26-11(18)10(12(19)27)21-23-15(8)26/h1-4H,18H2,(H2,19,27)(H,24,28)(H,20,22,25). The van der Waals surface area contributed by atoms with Crippen molar-refractivity contribution in [1.29, 1.82) is 0 Å². The number of hydrogen-bond acceptors (Lipinski definition) is 7. The Bertz CT molecular complexity index is 1480. The highest BCUT2D eigenvalue weighted by Crippen LogP contribution is 2.35. The van der Waals surface area contributed by atoms with Gasteiger partial charge in [-0.1, -0.05) is 23.7 Å². The van der Waals surface area contributed by atoms with Crippen LogP contribution in [0.1, 0.15) is 10.5 Å². The highest BCUT2D eigenvalue weighted by Gasteiger charge is 2.23. The van der Waals surface area contributed by atoms with Crippen molar-refractivity contribution in [2.75, 3.05) is 5.73 Å². The van der Waals surface area contributed by atoms with Gasteiger partial charge in [0.05, 0.1) is 10.8 Å². The van der Waals surface area contributed by atoms with Gasteiger partial charge in [0.15, 0.2) is 28.5 Å². The molecule has 0 aliphatic rings. The molecule has 0 aliphatic heterocycles. The van der Waals surface area contributed by atoms with E-state index < -0.39 is 11.5 Å². The number of benzene rings is 1. The number of aromatic nitrogens is 7. The zero-order valence-corrected chi connectivity index (χ0v) is 14.7. The van der Waals surface area contributed by atoms with Gasteiger partial charge in [-0.3, -0.25) is 14.7 Å². The monoisotopic (exact) mass is 395 g/mol. The number of carbonyl (C=O) groups excluding carboxylic acids is 1. The maximum atomic E-state index is 12.4. The lowest BCUT2D eigenvalue weighted by Gasteiger charge is -2.05. The quantitative estimate of drug-likeness (QED) is 0.342. The van der Waals surface area contributed by atoms with Gasteiger partial charge in [-0.05, 0) is 17.7 Å². The van der Waals surface area contributed by atoms with Crippen LogP contribution in [0.2, 0.25) is 5.02 Å². The molecule has 0 saturated heterocycles. The molecule has 0 unspecified atom stereocenters. The smallest absolute Gasteiger partial charge is 0.276 e. The molecule has 6 N–H and O–H groups in total. The number of amides is 1. The zero-order chi connectivity index (χ0) is 19.6. The number of pyridine rings is 1. The number of nitrogens with two attached hydrogens (primary N) is 2. The van der Waals surface area contributed by atoms with Crippen LogP contribution in [0.3, 0.4) is 0 Å². The number of primary amides is 1. The second-order valence-electron chi connectivity index (χ2n) is 6.04. The van der Waals surface area contributed by atoms with E-state index in [1.807, 2.05) is 0 Å². The molecular formula is C16H10ClN9O2. The fourth-order valence-electron chi connectivity index (χ4n) is 3.20. The number of hydrogen-bond donors (Lipinski definition) is 4. The fourth-order valence-corrected chi connectivity index (χ4v) is 3.33. The normalized spacial score (nSPS) is 11.6. The van der Waals surface area contributed by atoms with Crippen molar-refractivity contribution in [2.24, 2.45) is 5.73 Å². The summed E-state index contributed by atoms with van der Waals surface area (Å²) in [4.78, 5) is 28.3. The zero-order valence-electron chi connectivity index (χ0n) is 13.9. The van der Waals surface area contributed by atoms with E-state index in [0.29, 0.717) is 27.2 Å². The van der Waals surface area contributed by atoms with E-state index in [-0.39, 0.29) is 28.2 Å². The number of carbonyl (C=O) groups is 1. The minimum absolute atomic E-state index is 0.0286. The lowest BCUT2D eigenvalue weighted by atomic mass is 10.0. The number of halogens is 1. The van der Waals surface area contributed by atoms with Crippen LogP contribution in [0.5, 0.6) is 0 Å². The van der Waals surface area contributed by atoms with Gasteiger partial charge in [0.2, 0.25) is 0 Å². The van der Waals surface area contributed by atoms with E-state index in [4.69, 9.17) is 23.1 Å². The Balaban J connectivity index is 2.02. The van der Waals surface area contributed by atoms with Gasteiger partial charge >= 0.3 is 0 Å². The third-order valence-electron chi connectivity index (χ3n) is 4.42. The fraction of sp³-hybridized carbons (Fsp3) is 0. The average molecular weight is 396 g/mol. The Morgan fingerprint density at radius 3 is 2.61 bits per heavy atom. The van der Waals surface area contributed by atoms with Gasteiger partial charge in [-0.15, -0.1) is 10.2 Å². The Kier molecular flexibility index (Phi) is 3.18. The molecule has 0 bridgehead atoms. The first kappa shape index (κ1) is 16.2. The first-order valence-electron chi connectivity index (χ1n) is 7.96. The summed E-state index contributed by atoms with van der Waals surface area (Å²) in [5.41, 5.74) is 12.8. The van der Waals surface area contributed by atoms with Crippen LogP contribution >= 0.6 is 11.6 Å². The molecule has 28 heavy (non-hydrogen) atoms. The van der Waals surface area contributed by atoms with Gasteiger partial charge < -0.3 is 11.5 Å². The summed E-state index contributed by atoms with van der Waals surface area (Å²) in [6, 6.07) is 6.93. The minimum Gasteiger partial charge on any atom is -0.382 e. The Labute approximate surface area is 159 Å². The second-order valence-corrected chi connectivity index (χ2v) is 6.47. The SMILES string of the molecule is NC(=O)c1nnc2c3c(-c4ccc(Cl)cc4)c4c(=O)[nH]nc4nc3[nH]n2c1N. The Hall–Kier alpha value is -3.99. The molecule has 0 radical (unpaired) electrons. The number of rotatable bonds is 2. The maximum Gasteiger partial charge on any atom is 0.276 e. The topological polar surface area (TPSA) is 174 Å². The largest absolute Gasteiger partial charge is 0.382 e. The van der Waals surface area contributed by atoms with E-state index in [1.165, 1.54) is 4.52 Å². The van der Waals surface area contributed by atoms with Crippen LogP contribution in [0, 0.1) is 0 Å². The molecule has 138 valence electrons. The molecule has 4 heterocycles. The molecule has 1 amide bonds. The van der Waals surface area contributed by atoms with Gasteiger partial charge in [0.25, 0.3) is 11.5 Å². The van der Waals surface area contributed by atoms with Crippen molar-refractivity contribution < 1.29 is 4.79 Å². The summed E-state index contributed by atoms with van der Waals surface area (Å²) in [7, 11) is 0. The first-order chi connectivity index (χ1) is 13.5. The number of nitrogens with one attached hydrogen (secondary N) is 2. The molecule has 0 atom stereocenters. The molecule has 5 aromatic rings. The molecule has 1 aromatic carbocycles. The predicted molar refractivity (Wildman–Crippen MR) is 102 cm³/mol. The summed E-state index contributed by atoms with van der Waals surface area (Å²) < 4.78 is 1.34. The van der Waals surface area contributed by atoms with E-state index in [9.17, 15) is 9.59 Å². The molecule has 0 saturated carbocycles. The van der Waals surface area contributed by atoms with Gasteiger partial charge in [-0.25, -0.2) is 14.6 Å². The van der Waals surface area contributed by atoms with Crippen molar-refractivity contribution in [3.8, 4) is 11.1 Å². The van der Waals surface area contributed by atoms with Crippen LogP contribution < -0.4 is 17.0 Å². The van der Waals surface area contributed by atoms with Crippen LogP contribution in [0.25, 0.3) is 38.8 Å². The van der Waals surface area contributed by atoms with Crippen molar-refractivity contribution in [3.05, 3.63) is 45.3 Å². The number of fused-ring (bicyclic) bond motifs is 4. The summed E-state index contributed by atoms with van der Waals surface area (Å²) in [5.74, 6) is -0.847. The molecule has 4 aromatic heterocycles. The molecule has 5 rings (SSSR count). The van der Waals surface area contributed by atoms with E-state index >= 15 is 0 Å². The number of H-pyrrole nitrogens is 2. The predicted octanol–water partition coefficient (Wildman–Crippen LogP) is 0.844. The number of anilines is 1. The lowest BCUT2D eigenvalue weighted by Crippen LogP contribution is -2.19. The average Bonchev–Trinajstić information content (AvgIpc) is 3.22. The maximum absolute atomic E-state index is 12.4. The molecule has 0 fully saturated rings. The van der Waals surface area contributed by atoms with Crippen molar-refractivity contribution in [3.63, 3.8) is 0 Å². The van der Waals surface area contributed by atoms with Gasteiger partial charge in [0.1, 0.15) is 0 Å². The molecule has 0 spiro atoms.